The molecule has 0 aliphatic heterocycles. The van der Waals surface area contributed by atoms with Gasteiger partial charge < -0.3 is 14.7 Å². The molecular formula is C16H19Cl2NO4. The predicted octanol–water partition coefficient (Wildman–Crippen LogP) is 3.33. The smallest absolute Gasteiger partial charge is 0.307 e. The topological polar surface area (TPSA) is 66.8 Å². The summed E-state index contributed by atoms with van der Waals surface area (Å²) in [6.45, 7) is 2.20. The summed E-state index contributed by atoms with van der Waals surface area (Å²) in [7, 11) is 1.66. The summed E-state index contributed by atoms with van der Waals surface area (Å²) in [6.07, 6.45) is 0.932. The van der Waals surface area contributed by atoms with Crippen molar-refractivity contribution in [2.45, 2.75) is 25.9 Å². The van der Waals surface area contributed by atoms with E-state index in [2.05, 4.69) is 0 Å². The first-order chi connectivity index (χ1) is 10.8. The summed E-state index contributed by atoms with van der Waals surface area (Å²) in [6, 6.07) is 4.97. The summed E-state index contributed by atoms with van der Waals surface area (Å²) < 4.78 is 5.72. The molecule has 0 aromatic heterocycles. The molecule has 0 spiro atoms. The van der Waals surface area contributed by atoms with Gasteiger partial charge in [-0.2, -0.15) is 0 Å². The minimum Gasteiger partial charge on any atom is -0.489 e. The van der Waals surface area contributed by atoms with Crippen LogP contribution in [-0.4, -0.2) is 41.6 Å². The Bertz CT molecular complexity index is 608. The Morgan fingerprint density at radius 1 is 1.30 bits per heavy atom. The lowest BCUT2D eigenvalue weighted by Gasteiger charge is -2.35. The highest BCUT2D eigenvalue weighted by atomic mass is 35.5. The Balaban J connectivity index is 1.89. The van der Waals surface area contributed by atoms with E-state index in [-0.39, 0.29) is 12.0 Å². The number of amides is 1. The summed E-state index contributed by atoms with van der Waals surface area (Å²) in [5.41, 5.74) is 0. The normalized spacial score (nSPS) is 21.2. The van der Waals surface area contributed by atoms with Crippen molar-refractivity contribution in [3.05, 3.63) is 28.2 Å². The molecule has 0 radical (unpaired) electrons. The zero-order valence-electron chi connectivity index (χ0n) is 13.0. The number of rotatable bonds is 6. The number of carboxylic acid groups (broad SMARTS) is 1. The predicted molar refractivity (Wildman–Crippen MR) is 88.0 cm³/mol. The Morgan fingerprint density at radius 2 is 1.96 bits per heavy atom. The first-order valence-corrected chi connectivity index (χ1v) is 8.14. The van der Waals surface area contributed by atoms with Crippen LogP contribution in [0.3, 0.4) is 0 Å². The van der Waals surface area contributed by atoms with Crippen molar-refractivity contribution in [3.63, 3.8) is 0 Å². The van der Waals surface area contributed by atoms with E-state index in [9.17, 15) is 9.59 Å². The lowest BCUT2D eigenvalue weighted by atomic mass is 9.73. The van der Waals surface area contributed by atoms with E-state index < -0.39 is 17.8 Å². The van der Waals surface area contributed by atoms with E-state index in [1.165, 1.54) is 4.90 Å². The molecule has 1 N–H and O–H groups in total. The molecule has 23 heavy (non-hydrogen) atoms. The van der Waals surface area contributed by atoms with Gasteiger partial charge in [-0.25, -0.2) is 0 Å². The van der Waals surface area contributed by atoms with Crippen LogP contribution in [0, 0.1) is 11.8 Å². The molecule has 0 bridgehead atoms. The van der Waals surface area contributed by atoms with Gasteiger partial charge in [-0.1, -0.05) is 23.2 Å². The number of ether oxygens (including phenoxy) is 1. The average molecular weight is 360 g/mol. The van der Waals surface area contributed by atoms with Crippen molar-refractivity contribution in [2.75, 3.05) is 13.6 Å². The maximum Gasteiger partial charge on any atom is 0.307 e. The molecule has 1 saturated carbocycles. The van der Waals surface area contributed by atoms with Gasteiger partial charge >= 0.3 is 5.97 Å². The molecule has 5 nitrogen and oxygen atoms in total. The van der Waals surface area contributed by atoms with Crippen LogP contribution in [-0.2, 0) is 9.59 Å². The highest BCUT2D eigenvalue weighted by Crippen LogP contribution is 2.35. The molecule has 1 amide bonds. The van der Waals surface area contributed by atoms with E-state index >= 15 is 0 Å². The molecule has 1 aromatic rings. The SMILES string of the molecule is CC(CN(C)C(=O)C1CCC1C(=O)O)Oc1ccc(Cl)c(Cl)c1. The monoisotopic (exact) mass is 359 g/mol. The Hall–Kier alpha value is -1.46. The van der Waals surface area contributed by atoms with Crippen LogP contribution in [0.2, 0.25) is 10.0 Å². The number of carbonyl (C=O) groups is 2. The van der Waals surface area contributed by atoms with Crippen molar-refractivity contribution in [2.24, 2.45) is 11.8 Å². The molecule has 2 rings (SSSR count). The third kappa shape index (κ3) is 4.30. The molecule has 0 heterocycles. The Kier molecular flexibility index (Phi) is 5.76. The number of hydrogen-bond acceptors (Lipinski definition) is 3. The van der Waals surface area contributed by atoms with Crippen molar-refractivity contribution >= 4 is 35.1 Å². The number of carboxylic acids is 1. The molecule has 3 atom stereocenters. The van der Waals surface area contributed by atoms with Gasteiger partial charge in [-0.15, -0.1) is 0 Å². The summed E-state index contributed by atoms with van der Waals surface area (Å²) >= 11 is 11.8. The Labute approximate surface area is 145 Å². The number of benzene rings is 1. The second kappa shape index (κ2) is 7.41. The van der Waals surface area contributed by atoms with E-state index in [1.807, 2.05) is 6.92 Å². The first-order valence-electron chi connectivity index (χ1n) is 7.39. The molecule has 7 heteroatoms. The maximum atomic E-state index is 12.3. The van der Waals surface area contributed by atoms with Crippen LogP contribution < -0.4 is 4.74 Å². The third-order valence-corrected chi connectivity index (χ3v) is 4.78. The van der Waals surface area contributed by atoms with Crippen molar-refractivity contribution in [3.8, 4) is 5.75 Å². The molecule has 3 unspecified atom stereocenters. The van der Waals surface area contributed by atoms with Crippen LogP contribution in [0.1, 0.15) is 19.8 Å². The number of aliphatic carboxylic acids is 1. The molecule has 126 valence electrons. The number of carbonyl (C=O) groups excluding carboxylic acids is 1. The Morgan fingerprint density at radius 3 is 2.48 bits per heavy atom. The quantitative estimate of drug-likeness (QED) is 0.845. The van der Waals surface area contributed by atoms with Crippen molar-refractivity contribution < 1.29 is 19.4 Å². The first kappa shape index (κ1) is 17.9. The summed E-state index contributed by atoms with van der Waals surface area (Å²) in [5, 5.41) is 9.89. The van der Waals surface area contributed by atoms with E-state index in [1.54, 1.807) is 25.2 Å². The van der Waals surface area contributed by atoms with Gasteiger partial charge in [0.2, 0.25) is 5.91 Å². The van der Waals surface area contributed by atoms with E-state index in [0.717, 1.165) is 0 Å². The fraction of sp³-hybridized carbons (Fsp3) is 0.500. The van der Waals surface area contributed by atoms with Gasteiger partial charge in [0.15, 0.2) is 0 Å². The molecule has 1 aromatic carbocycles. The second-order valence-electron chi connectivity index (χ2n) is 5.85. The van der Waals surface area contributed by atoms with Gasteiger partial charge in [-0.3, -0.25) is 9.59 Å². The van der Waals surface area contributed by atoms with Crippen LogP contribution in [0.5, 0.6) is 5.75 Å². The highest BCUT2D eigenvalue weighted by molar-refractivity contribution is 6.42. The van der Waals surface area contributed by atoms with E-state index in [4.69, 9.17) is 33.0 Å². The second-order valence-corrected chi connectivity index (χ2v) is 6.67. The highest BCUT2D eigenvalue weighted by Gasteiger charge is 2.42. The van der Waals surface area contributed by atoms with Gasteiger partial charge in [0.25, 0.3) is 0 Å². The number of hydrogen-bond donors (Lipinski definition) is 1. The fourth-order valence-corrected chi connectivity index (χ4v) is 2.96. The van der Waals surface area contributed by atoms with Gasteiger partial charge in [0, 0.05) is 13.1 Å². The van der Waals surface area contributed by atoms with Crippen LogP contribution in [0.4, 0.5) is 0 Å². The van der Waals surface area contributed by atoms with Crippen LogP contribution >= 0.6 is 23.2 Å². The molecule has 1 aliphatic rings. The molecular weight excluding hydrogens is 341 g/mol. The molecule has 1 fully saturated rings. The van der Waals surface area contributed by atoms with E-state index in [0.29, 0.717) is 35.2 Å². The molecule has 1 aliphatic carbocycles. The minimum absolute atomic E-state index is 0.145. The maximum absolute atomic E-state index is 12.3. The summed E-state index contributed by atoms with van der Waals surface area (Å²) in [5.74, 6) is -1.46. The average Bonchev–Trinajstić information content (AvgIpc) is 2.40. The molecule has 0 saturated heterocycles. The lowest BCUT2D eigenvalue weighted by Crippen LogP contribution is -2.46. The van der Waals surface area contributed by atoms with Crippen LogP contribution in [0.15, 0.2) is 18.2 Å². The van der Waals surface area contributed by atoms with Gasteiger partial charge in [0.1, 0.15) is 11.9 Å². The summed E-state index contributed by atoms with van der Waals surface area (Å²) in [4.78, 5) is 24.8. The van der Waals surface area contributed by atoms with Gasteiger partial charge in [0.05, 0.1) is 28.4 Å². The lowest BCUT2D eigenvalue weighted by molar-refractivity contribution is -0.156. The minimum atomic E-state index is -0.900. The number of likely N-dealkylation sites (N-methyl/N-ethyl adjacent to an activating group) is 1. The van der Waals surface area contributed by atoms with Gasteiger partial charge in [-0.05, 0) is 31.9 Å². The van der Waals surface area contributed by atoms with Crippen LogP contribution in [0.25, 0.3) is 0 Å². The number of halogens is 2. The largest absolute Gasteiger partial charge is 0.489 e. The fourth-order valence-electron chi connectivity index (χ4n) is 2.67. The standard InChI is InChI=1S/C16H19Cl2NO4/c1-9(23-10-3-6-13(17)14(18)7-10)8-19(2)15(20)11-4-5-12(11)16(21)22/h3,6-7,9,11-12H,4-5,8H2,1-2H3,(H,21,22). The third-order valence-electron chi connectivity index (χ3n) is 4.04. The van der Waals surface area contributed by atoms with Crippen molar-refractivity contribution in [1.29, 1.82) is 0 Å². The van der Waals surface area contributed by atoms with Crippen molar-refractivity contribution in [1.82, 2.24) is 4.90 Å². The zero-order valence-corrected chi connectivity index (χ0v) is 14.5. The zero-order chi connectivity index (χ0) is 17.1. The number of nitrogens with zero attached hydrogens (tertiary/aromatic N) is 1.